The average molecular weight is 282 g/mol. The molecule has 1 aromatic rings. The summed E-state index contributed by atoms with van der Waals surface area (Å²) in [6, 6.07) is 4.04. The van der Waals surface area contributed by atoms with Gasteiger partial charge in [0.05, 0.1) is 18.8 Å². The highest BCUT2D eigenvalue weighted by Gasteiger charge is 2.31. The van der Waals surface area contributed by atoms with Crippen molar-refractivity contribution in [3.8, 4) is 6.07 Å². The lowest BCUT2D eigenvalue weighted by atomic mass is 10.2. The highest BCUT2D eigenvalue weighted by molar-refractivity contribution is 5.99. The van der Waals surface area contributed by atoms with Crippen molar-refractivity contribution in [3.63, 3.8) is 0 Å². The van der Waals surface area contributed by atoms with Gasteiger partial charge in [-0.1, -0.05) is 6.08 Å². The van der Waals surface area contributed by atoms with E-state index < -0.39 is 0 Å². The fourth-order valence-corrected chi connectivity index (χ4v) is 2.35. The van der Waals surface area contributed by atoms with Gasteiger partial charge >= 0.3 is 0 Å². The Morgan fingerprint density at radius 1 is 1.33 bits per heavy atom. The van der Waals surface area contributed by atoms with Gasteiger partial charge in [-0.05, 0) is 31.1 Å². The molecule has 0 atom stereocenters. The second-order valence-electron chi connectivity index (χ2n) is 5.11. The molecule has 1 aromatic heterocycles. The van der Waals surface area contributed by atoms with Crippen LogP contribution in [0.3, 0.4) is 0 Å². The number of pyridine rings is 1. The first-order valence-electron chi connectivity index (χ1n) is 6.97. The van der Waals surface area contributed by atoms with Gasteiger partial charge in [0.1, 0.15) is 11.7 Å². The molecule has 106 valence electrons. The third-order valence-electron chi connectivity index (χ3n) is 3.50. The minimum absolute atomic E-state index is 0.366. The van der Waals surface area contributed by atoms with Gasteiger partial charge in [0.2, 0.25) is 0 Å². The van der Waals surface area contributed by atoms with Crippen LogP contribution in [0, 0.1) is 17.1 Å². The van der Waals surface area contributed by atoms with Crippen LogP contribution in [0.1, 0.15) is 18.4 Å². The number of hydrogen-bond acceptors (Lipinski definition) is 4. The molecule has 21 heavy (non-hydrogen) atoms. The lowest BCUT2D eigenvalue weighted by Crippen LogP contribution is -2.34. The lowest BCUT2D eigenvalue weighted by molar-refractivity contribution is 0.451. The van der Waals surface area contributed by atoms with Gasteiger partial charge in [0, 0.05) is 29.9 Å². The van der Waals surface area contributed by atoms with E-state index in [-0.39, 0.29) is 5.82 Å². The molecule has 0 saturated heterocycles. The van der Waals surface area contributed by atoms with E-state index in [9.17, 15) is 4.39 Å². The number of amidine groups is 1. The molecule has 0 radical (unpaired) electrons. The van der Waals surface area contributed by atoms with Crippen LogP contribution in [0.15, 0.2) is 47.3 Å². The van der Waals surface area contributed by atoms with Gasteiger partial charge < -0.3 is 4.90 Å². The summed E-state index contributed by atoms with van der Waals surface area (Å²) in [5.41, 5.74) is 1.29. The zero-order valence-corrected chi connectivity index (χ0v) is 11.5. The molecule has 0 amide bonds. The first-order valence-corrected chi connectivity index (χ1v) is 6.97. The fourth-order valence-electron chi connectivity index (χ4n) is 2.35. The van der Waals surface area contributed by atoms with Gasteiger partial charge in [-0.2, -0.15) is 5.26 Å². The molecule has 0 aromatic carbocycles. The van der Waals surface area contributed by atoms with E-state index in [1.54, 1.807) is 12.3 Å². The molecule has 2 aliphatic rings. The highest BCUT2D eigenvalue weighted by atomic mass is 19.1. The number of aromatic nitrogens is 1. The van der Waals surface area contributed by atoms with Crippen molar-refractivity contribution in [1.82, 2.24) is 9.88 Å². The second kappa shape index (κ2) is 5.88. The summed E-state index contributed by atoms with van der Waals surface area (Å²) in [5, 5.41) is 9.02. The van der Waals surface area contributed by atoms with Crippen LogP contribution in [0.4, 0.5) is 4.39 Å². The van der Waals surface area contributed by atoms with Gasteiger partial charge in [-0.3, -0.25) is 9.98 Å². The molecule has 0 bridgehead atoms. The zero-order chi connectivity index (χ0) is 14.7. The topological polar surface area (TPSA) is 52.3 Å². The Morgan fingerprint density at radius 3 is 2.90 bits per heavy atom. The van der Waals surface area contributed by atoms with E-state index in [0.29, 0.717) is 30.3 Å². The van der Waals surface area contributed by atoms with Crippen LogP contribution in [0.2, 0.25) is 0 Å². The number of rotatable bonds is 2. The number of aliphatic imine (C=N–C) groups is 1. The van der Waals surface area contributed by atoms with Crippen molar-refractivity contribution < 1.29 is 4.39 Å². The first-order chi connectivity index (χ1) is 10.3. The predicted octanol–water partition coefficient (Wildman–Crippen LogP) is 2.45. The van der Waals surface area contributed by atoms with Crippen LogP contribution in [0.5, 0.6) is 0 Å². The summed E-state index contributed by atoms with van der Waals surface area (Å²) in [6.07, 6.45) is 10.6. The number of nitrogens with zero attached hydrogens (tertiary/aromatic N) is 4. The smallest absolute Gasteiger partial charge is 0.142 e. The molecule has 1 aliphatic carbocycles. The van der Waals surface area contributed by atoms with Crippen LogP contribution < -0.4 is 0 Å². The molecular formula is C16H15FN4. The van der Waals surface area contributed by atoms with Crippen molar-refractivity contribution in [2.75, 3.05) is 13.1 Å². The Hall–Kier alpha value is -2.48. The molecule has 3 rings (SSSR count). The van der Waals surface area contributed by atoms with Crippen LogP contribution in [-0.2, 0) is 0 Å². The van der Waals surface area contributed by atoms with Gasteiger partial charge in [-0.15, -0.1) is 0 Å². The summed E-state index contributed by atoms with van der Waals surface area (Å²) < 4.78 is 13.4. The van der Waals surface area contributed by atoms with Crippen molar-refractivity contribution in [2.45, 2.75) is 18.9 Å². The Balaban J connectivity index is 1.98. The molecule has 0 unspecified atom stereocenters. The number of allylic oxidation sites excluding steroid dienone is 2. The Morgan fingerprint density at radius 2 is 2.19 bits per heavy atom. The molecule has 1 aliphatic heterocycles. The maximum atomic E-state index is 13.4. The number of halogens is 1. The average Bonchev–Trinajstić information content (AvgIpc) is 3.30. The zero-order valence-electron chi connectivity index (χ0n) is 11.5. The van der Waals surface area contributed by atoms with E-state index in [2.05, 4.69) is 20.9 Å². The minimum atomic E-state index is -0.366. The van der Waals surface area contributed by atoms with Crippen molar-refractivity contribution in [1.29, 1.82) is 5.26 Å². The summed E-state index contributed by atoms with van der Waals surface area (Å²) in [4.78, 5) is 10.6. The largest absolute Gasteiger partial charge is 0.350 e. The van der Waals surface area contributed by atoms with E-state index in [1.807, 2.05) is 12.2 Å². The Bertz CT molecular complexity index is 665. The number of nitriles is 1. The van der Waals surface area contributed by atoms with Crippen LogP contribution >= 0.6 is 0 Å². The molecule has 4 nitrogen and oxygen atoms in total. The van der Waals surface area contributed by atoms with E-state index >= 15 is 0 Å². The molecule has 1 saturated carbocycles. The Kier molecular flexibility index (Phi) is 3.78. The molecular weight excluding hydrogens is 267 g/mol. The van der Waals surface area contributed by atoms with Crippen molar-refractivity contribution in [2.24, 2.45) is 4.99 Å². The second-order valence-corrected chi connectivity index (χ2v) is 5.11. The monoisotopic (exact) mass is 282 g/mol. The molecule has 0 spiro atoms. The van der Waals surface area contributed by atoms with E-state index in [4.69, 9.17) is 5.26 Å². The SMILES string of the molecule is N#CC1=C/CN=C(c2cncc(F)c2)N(C2CC2)C/C=C\1. The standard InChI is InChI=1S/C16H15FN4/c17-14-8-13(10-19-11-14)16-20-6-5-12(9-18)2-1-7-21(16)15-3-4-15/h1-2,5,8,10-11,15H,3-4,6-7H2/b2-1-,12-5+,20-16?. The maximum absolute atomic E-state index is 13.4. The van der Waals surface area contributed by atoms with Gasteiger partial charge in [0.25, 0.3) is 0 Å². The molecule has 2 heterocycles. The first kappa shape index (κ1) is 13.5. The summed E-state index contributed by atoms with van der Waals surface area (Å²) >= 11 is 0. The summed E-state index contributed by atoms with van der Waals surface area (Å²) in [5.74, 6) is 0.388. The van der Waals surface area contributed by atoms with Crippen molar-refractivity contribution in [3.05, 3.63) is 53.6 Å². The molecule has 5 heteroatoms. The third-order valence-corrected chi connectivity index (χ3v) is 3.50. The van der Waals surface area contributed by atoms with E-state index in [1.165, 1.54) is 12.3 Å². The van der Waals surface area contributed by atoms with Crippen LogP contribution in [-0.4, -0.2) is 34.9 Å². The van der Waals surface area contributed by atoms with Crippen molar-refractivity contribution >= 4 is 5.84 Å². The maximum Gasteiger partial charge on any atom is 0.142 e. The molecule has 0 N–H and O–H groups in total. The normalized spacial score (nSPS) is 23.0. The van der Waals surface area contributed by atoms with Crippen LogP contribution in [0.25, 0.3) is 0 Å². The minimum Gasteiger partial charge on any atom is -0.350 e. The summed E-state index contributed by atoms with van der Waals surface area (Å²) in [6.45, 7) is 1.07. The van der Waals surface area contributed by atoms with Gasteiger partial charge in [-0.25, -0.2) is 4.39 Å². The Labute approximate surface area is 122 Å². The highest BCUT2D eigenvalue weighted by Crippen LogP contribution is 2.29. The summed E-state index contributed by atoms with van der Waals surface area (Å²) in [7, 11) is 0. The number of hydrogen-bond donors (Lipinski definition) is 0. The third kappa shape index (κ3) is 3.16. The molecule has 1 fully saturated rings. The lowest BCUT2D eigenvalue weighted by Gasteiger charge is -2.24. The predicted molar refractivity (Wildman–Crippen MR) is 78.2 cm³/mol. The van der Waals surface area contributed by atoms with E-state index in [0.717, 1.165) is 18.7 Å². The quantitative estimate of drug-likeness (QED) is 0.837. The fraction of sp³-hybridized carbons (Fsp3) is 0.312. The van der Waals surface area contributed by atoms with Gasteiger partial charge in [0.15, 0.2) is 0 Å².